The minimum Gasteiger partial charge on any atom is -0.492 e. The van der Waals surface area contributed by atoms with Crippen molar-refractivity contribution < 1.29 is 19.1 Å². The molecule has 7 heteroatoms. The van der Waals surface area contributed by atoms with Crippen molar-refractivity contribution in [3.05, 3.63) is 24.3 Å². The Hall–Kier alpha value is -1.46. The molecule has 0 aliphatic heterocycles. The summed E-state index contributed by atoms with van der Waals surface area (Å²) in [6, 6.07) is 7.01. The number of hydrogen-bond donors (Lipinski definition) is 1. The fourth-order valence-corrected chi connectivity index (χ4v) is 2.64. The van der Waals surface area contributed by atoms with Crippen molar-refractivity contribution in [2.75, 3.05) is 18.5 Å². The highest BCUT2D eigenvalue weighted by Gasteiger charge is 2.69. The molecule has 0 aromatic heterocycles. The molecule has 0 spiro atoms. The molecule has 1 N–H and O–H groups in total. The smallest absolute Gasteiger partial charge is 0.315 e. The van der Waals surface area contributed by atoms with E-state index in [2.05, 4.69) is 5.32 Å². The zero-order valence-electron chi connectivity index (χ0n) is 12.3. The Kier molecular flexibility index (Phi) is 4.87. The Bertz CT molecular complexity index is 591. The second-order valence-electron chi connectivity index (χ2n) is 5.27. The van der Waals surface area contributed by atoms with E-state index >= 15 is 0 Å². The van der Waals surface area contributed by atoms with Gasteiger partial charge in [-0.2, -0.15) is 0 Å². The van der Waals surface area contributed by atoms with Crippen LogP contribution < -0.4 is 10.1 Å². The molecule has 0 saturated heterocycles. The van der Waals surface area contributed by atoms with Gasteiger partial charge in [0, 0.05) is 6.42 Å². The maximum atomic E-state index is 11.9. The van der Waals surface area contributed by atoms with Crippen LogP contribution in [0.3, 0.4) is 0 Å². The highest BCUT2D eigenvalue weighted by atomic mass is 35.5. The lowest BCUT2D eigenvalue weighted by molar-refractivity contribution is -0.152. The summed E-state index contributed by atoms with van der Waals surface area (Å²) in [6.45, 7) is 3.53. The average molecular weight is 346 g/mol. The molecule has 1 aliphatic rings. The van der Waals surface area contributed by atoms with Crippen molar-refractivity contribution in [1.82, 2.24) is 0 Å². The predicted molar refractivity (Wildman–Crippen MR) is 84.4 cm³/mol. The van der Waals surface area contributed by atoms with Gasteiger partial charge in [-0.15, -0.1) is 23.2 Å². The minimum absolute atomic E-state index is 0.316. The van der Waals surface area contributed by atoms with E-state index in [0.29, 0.717) is 24.5 Å². The van der Waals surface area contributed by atoms with Gasteiger partial charge in [-0.3, -0.25) is 9.59 Å². The average Bonchev–Trinajstić information content (AvgIpc) is 2.99. The molecule has 0 radical (unpaired) electrons. The normalized spacial score (nSPS) is 21.8. The maximum Gasteiger partial charge on any atom is 0.315 e. The Morgan fingerprint density at radius 3 is 2.55 bits per heavy atom. The number of rotatable bonds is 6. The molecule has 1 fully saturated rings. The number of carbonyl (C=O) groups excluding carboxylic acids is 2. The van der Waals surface area contributed by atoms with Gasteiger partial charge in [-0.1, -0.05) is 12.1 Å². The third kappa shape index (κ3) is 3.47. The summed E-state index contributed by atoms with van der Waals surface area (Å²) in [5, 5.41) is 2.64. The van der Waals surface area contributed by atoms with Crippen molar-refractivity contribution in [1.29, 1.82) is 0 Å². The number of benzene rings is 1. The highest BCUT2D eigenvalue weighted by molar-refractivity contribution is 6.53. The Morgan fingerprint density at radius 2 is 1.95 bits per heavy atom. The lowest BCUT2D eigenvalue weighted by atomic mass is 10.1. The second kappa shape index (κ2) is 6.34. The first-order chi connectivity index (χ1) is 10.3. The maximum absolute atomic E-state index is 11.9. The number of nitrogens with one attached hydrogen (secondary N) is 1. The first-order valence-electron chi connectivity index (χ1n) is 6.87. The van der Waals surface area contributed by atoms with Crippen molar-refractivity contribution >= 4 is 40.8 Å². The molecular weight excluding hydrogens is 329 g/mol. The molecule has 120 valence electrons. The number of alkyl halides is 2. The fourth-order valence-electron chi connectivity index (χ4n) is 1.95. The fraction of sp³-hybridized carbons (Fsp3) is 0.467. The molecule has 2 rings (SSSR count). The van der Waals surface area contributed by atoms with Crippen LogP contribution in [0.2, 0.25) is 0 Å². The number of esters is 1. The standard InChI is InChI=1S/C15H17Cl2NO4/c1-3-21-11-7-5-4-6-10(11)18-12(19)8-22-13(20)14(2)9-15(14,16)17/h4-7H,3,8-9H2,1-2H3,(H,18,19)/t14-/m1/s1. The number of amides is 1. The predicted octanol–water partition coefficient (Wildman–Crippen LogP) is 3.15. The minimum atomic E-state index is -1.11. The summed E-state index contributed by atoms with van der Waals surface area (Å²) in [4.78, 5) is 23.7. The van der Waals surface area contributed by atoms with Crippen LogP contribution in [0.4, 0.5) is 5.69 Å². The number of hydrogen-bond acceptors (Lipinski definition) is 4. The van der Waals surface area contributed by atoms with Crippen molar-refractivity contribution in [2.24, 2.45) is 5.41 Å². The van der Waals surface area contributed by atoms with Crippen molar-refractivity contribution in [2.45, 2.75) is 24.6 Å². The number of anilines is 1. The zero-order chi connectivity index (χ0) is 16.4. The van der Waals surface area contributed by atoms with Crippen molar-refractivity contribution in [3.63, 3.8) is 0 Å². The monoisotopic (exact) mass is 345 g/mol. The largest absolute Gasteiger partial charge is 0.492 e. The van der Waals surface area contributed by atoms with Crippen LogP contribution in [-0.4, -0.2) is 29.4 Å². The lowest BCUT2D eigenvalue weighted by Crippen LogP contribution is -2.26. The van der Waals surface area contributed by atoms with E-state index in [1.165, 1.54) is 0 Å². The molecule has 1 aromatic rings. The first kappa shape index (κ1) is 16.9. The summed E-state index contributed by atoms with van der Waals surface area (Å²) < 4.78 is 9.27. The summed E-state index contributed by atoms with van der Waals surface area (Å²) in [6.07, 6.45) is 0.316. The molecular formula is C15H17Cl2NO4. The van der Waals surface area contributed by atoms with E-state index in [1.54, 1.807) is 31.2 Å². The summed E-state index contributed by atoms with van der Waals surface area (Å²) in [7, 11) is 0. The van der Waals surface area contributed by atoms with Gasteiger partial charge in [-0.25, -0.2) is 0 Å². The summed E-state index contributed by atoms with van der Waals surface area (Å²) in [5.74, 6) is -0.482. The number of halogens is 2. The molecule has 22 heavy (non-hydrogen) atoms. The van der Waals surface area contributed by atoms with Gasteiger partial charge >= 0.3 is 5.97 Å². The molecule has 5 nitrogen and oxygen atoms in total. The van der Waals surface area contributed by atoms with E-state index in [0.717, 1.165) is 0 Å². The van der Waals surface area contributed by atoms with Gasteiger partial charge in [0.25, 0.3) is 5.91 Å². The number of carbonyl (C=O) groups is 2. The first-order valence-corrected chi connectivity index (χ1v) is 7.62. The third-order valence-electron chi connectivity index (χ3n) is 3.50. The Labute approximate surface area is 138 Å². The molecule has 0 heterocycles. The Balaban J connectivity index is 1.88. The van der Waals surface area contributed by atoms with Crippen LogP contribution >= 0.6 is 23.2 Å². The van der Waals surface area contributed by atoms with Gasteiger partial charge in [0.05, 0.1) is 12.3 Å². The quantitative estimate of drug-likeness (QED) is 0.635. The SMILES string of the molecule is CCOc1ccccc1NC(=O)COC(=O)[C@@]1(C)CC1(Cl)Cl. The van der Waals surface area contributed by atoms with Gasteiger partial charge < -0.3 is 14.8 Å². The second-order valence-corrected chi connectivity index (χ2v) is 6.75. The van der Waals surface area contributed by atoms with Crippen LogP contribution in [0.1, 0.15) is 20.3 Å². The van der Waals surface area contributed by atoms with E-state index in [-0.39, 0.29) is 0 Å². The Morgan fingerprint density at radius 1 is 1.32 bits per heavy atom. The van der Waals surface area contributed by atoms with E-state index < -0.39 is 28.2 Å². The van der Waals surface area contributed by atoms with Gasteiger partial charge in [-0.05, 0) is 26.0 Å². The molecule has 1 aliphatic carbocycles. The highest BCUT2D eigenvalue weighted by Crippen LogP contribution is 2.64. The summed E-state index contributed by atoms with van der Waals surface area (Å²) in [5.41, 5.74) is -0.424. The van der Waals surface area contributed by atoms with E-state index in [9.17, 15) is 9.59 Å². The van der Waals surface area contributed by atoms with Crippen LogP contribution in [0.25, 0.3) is 0 Å². The molecule has 1 saturated carbocycles. The molecule has 0 unspecified atom stereocenters. The van der Waals surface area contributed by atoms with E-state index in [4.69, 9.17) is 32.7 Å². The van der Waals surface area contributed by atoms with Crippen molar-refractivity contribution in [3.8, 4) is 5.75 Å². The lowest BCUT2D eigenvalue weighted by Gasteiger charge is -2.13. The van der Waals surface area contributed by atoms with Crippen LogP contribution in [0.15, 0.2) is 24.3 Å². The van der Waals surface area contributed by atoms with Gasteiger partial charge in [0.1, 0.15) is 15.5 Å². The number of para-hydroxylation sites is 2. The van der Waals surface area contributed by atoms with Crippen LogP contribution in [0, 0.1) is 5.41 Å². The van der Waals surface area contributed by atoms with Crippen LogP contribution in [-0.2, 0) is 14.3 Å². The molecule has 1 atom stereocenters. The molecule has 1 amide bonds. The third-order valence-corrected chi connectivity index (χ3v) is 4.61. The number of ether oxygens (including phenoxy) is 2. The zero-order valence-corrected chi connectivity index (χ0v) is 13.8. The van der Waals surface area contributed by atoms with Gasteiger partial charge in [0.15, 0.2) is 6.61 Å². The topological polar surface area (TPSA) is 64.6 Å². The molecule has 0 bridgehead atoms. The summed E-state index contributed by atoms with van der Waals surface area (Å²) >= 11 is 11.8. The molecule has 1 aromatic carbocycles. The van der Waals surface area contributed by atoms with E-state index in [1.807, 2.05) is 6.92 Å². The van der Waals surface area contributed by atoms with Crippen LogP contribution in [0.5, 0.6) is 5.75 Å². The van der Waals surface area contributed by atoms with Gasteiger partial charge in [0.2, 0.25) is 0 Å².